The van der Waals surface area contributed by atoms with Gasteiger partial charge in [0.2, 0.25) is 5.91 Å². The molecule has 0 aliphatic rings. The van der Waals surface area contributed by atoms with Gasteiger partial charge in [-0.1, -0.05) is 42.5 Å². The Morgan fingerprint density at radius 2 is 1.81 bits per heavy atom. The van der Waals surface area contributed by atoms with E-state index in [0.29, 0.717) is 26.2 Å². The number of carbonyl (C=O) groups is 1. The maximum absolute atomic E-state index is 12.2. The van der Waals surface area contributed by atoms with Gasteiger partial charge in [-0.15, -0.1) is 12.4 Å². The number of benzene rings is 2. The monoisotopic (exact) mass is 377 g/mol. The van der Waals surface area contributed by atoms with Crippen LogP contribution in [-0.2, 0) is 17.8 Å². The Hall–Kier alpha value is -2.08. The highest BCUT2D eigenvalue weighted by Crippen LogP contribution is 2.12. The molecule has 3 N–H and O–H groups in total. The summed E-state index contributed by atoms with van der Waals surface area (Å²) in [4.78, 5) is 14.3. The van der Waals surface area contributed by atoms with Crippen LogP contribution in [0.25, 0.3) is 0 Å². The zero-order chi connectivity index (χ0) is 17.9. The highest BCUT2D eigenvalue weighted by atomic mass is 35.5. The van der Waals surface area contributed by atoms with Crippen molar-refractivity contribution in [3.63, 3.8) is 0 Å². The van der Waals surface area contributed by atoms with Gasteiger partial charge in [0, 0.05) is 26.2 Å². The lowest BCUT2D eigenvalue weighted by Crippen LogP contribution is -2.40. The predicted octanol–water partition coefficient (Wildman–Crippen LogP) is 2.24. The van der Waals surface area contributed by atoms with Gasteiger partial charge in [-0.3, -0.25) is 9.69 Å². The summed E-state index contributed by atoms with van der Waals surface area (Å²) in [6, 6.07) is 18.0. The third kappa shape index (κ3) is 7.87. The quantitative estimate of drug-likeness (QED) is 0.666. The molecule has 142 valence electrons. The first-order valence-electron chi connectivity index (χ1n) is 8.57. The highest BCUT2D eigenvalue weighted by Gasteiger charge is 2.10. The van der Waals surface area contributed by atoms with E-state index in [4.69, 9.17) is 10.5 Å². The minimum atomic E-state index is 0. The van der Waals surface area contributed by atoms with E-state index in [1.807, 2.05) is 42.5 Å². The Morgan fingerprint density at radius 3 is 2.50 bits per heavy atom. The van der Waals surface area contributed by atoms with Crippen molar-refractivity contribution in [1.29, 1.82) is 0 Å². The molecule has 0 bridgehead atoms. The van der Waals surface area contributed by atoms with Gasteiger partial charge in [0.15, 0.2) is 0 Å². The summed E-state index contributed by atoms with van der Waals surface area (Å²) in [5.41, 5.74) is 7.96. The SMILES string of the molecule is COc1cccc(CNC(=O)CN(CCN)CCc2ccccc2)c1.Cl. The molecule has 0 aliphatic carbocycles. The largest absolute Gasteiger partial charge is 0.497 e. The van der Waals surface area contributed by atoms with E-state index in [1.54, 1.807) is 7.11 Å². The Morgan fingerprint density at radius 1 is 1.08 bits per heavy atom. The fourth-order valence-corrected chi connectivity index (χ4v) is 2.63. The number of hydrogen-bond acceptors (Lipinski definition) is 4. The minimum Gasteiger partial charge on any atom is -0.497 e. The van der Waals surface area contributed by atoms with Crippen LogP contribution in [0, 0.1) is 0 Å². The number of hydrogen-bond donors (Lipinski definition) is 2. The number of ether oxygens (including phenoxy) is 1. The zero-order valence-electron chi connectivity index (χ0n) is 15.2. The summed E-state index contributed by atoms with van der Waals surface area (Å²) in [6.45, 7) is 2.91. The van der Waals surface area contributed by atoms with Crippen LogP contribution in [0.4, 0.5) is 0 Å². The first kappa shape index (κ1) is 22.0. The molecule has 6 heteroatoms. The van der Waals surface area contributed by atoms with Crippen LogP contribution >= 0.6 is 12.4 Å². The Kier molecular flexibility index (Phi) is 10.4. The van der Waals surface area contributed by atoms with E-state index in [-0.39, 0.29) is 18.3 Å². The number of nitrogens with zero attached hydrogens (tertiary/aromatic N) is 1. The normalized spacial score (nSPS) is 10.3. The van der Waals surface area contributed by atoms with Gasteiger partial charge in [-0.05, 0) is 29.7 Å². The first-order chi connectivity index (χ1) is 12.2. The van der Waals surface area contributed by atoms with Crippen LogP contribution in [0.5, 0.6) is 5.75 Å². The average Bonchev–Trinajstić information content (AvgIpc) is 2.65. The molecule has 0 saturated heterocycles. The van der Waals surface area contributed by atoms with Gasteiger partial charge < -0.3 is 15.8 Å². The van der Waals surface area contributed by atoms with Gasteiger partial charge in [-0.25, -0.2) is 0 Å². The van der Waals surface area contributed by atoms with Crippen LogP contribution in [0.1, 0.15) is 11.1 Å². The van der Waals surface area contributed by atoms with E-state index in [9.17, 15) is 4.79 Å². The van der Waals surface area contributed by atoms with E-state index in [2.05, 4.69) is 22.3 Å². The summed E-state index contributed by atoms with van der Waals surface area (Å²) >= 11 is 0. The number of halogens is 1. The van der Waals surface area contributed by atoms with Crippen LogP contribution in [0.3, 0.4) is 0 Å². The van der Waals surface area contributed by atoms with Gasteiger partial charge in [0.1, 0.15) is 5.75 Å². The first-order valence-corrected chi connectivity index (χ1v) is 8.57. The maximum atomic E-state index is 12.2. The van der Waals surface area contributed by atoms with Crippen LogP contribution in [0.15, 0.2) is 54.6 Å². The Balaban J connectivity index is 0.00000338. The molecule has 0 radical (unpaired) electrons. The molecule has 2 aromatic rings. The molecule has 26 heavy (non-hydrogen) atoms. The number of nitrogens with one attached hydrogen (secondary N) is 1. The van der Waals surface area contributed by atoms with Crippen molar-refractivity contribution < 1.29 is 9.53 Å². The average molecular weight is 378 g/mol. The number of methoxy groups -OCH3 is 1. The van der Waals surface area contributed by atoms with E-state index in [0.717, 1.165) is 24.3 Å². The lowest BCUT2D eigenvalue weighted by atomic mass is 10.1. The zero-order valence-corrected chi connectivity index (χ0v) is 16.0. The molecule has 0 aliphatic heterocycles. The highest BCUT2D eigenvalue weighted by molar-refractivity contribution is 5.85. The molecule has 2 rings (SSSR count). The molecule has 0 saturated carbocycles. The minimum absolute atomic E-state index is 0. The third-order valence-electron chi connectivity index (χ3n) is 4.00. The summed E-state index contributed by atoms with van der Waals surface area (Å²) in [6.07, 6.45) is 0.907. The summed E-state index contributed by atoms with van der Waals surface area (Å²) in [7, 11) is 1.63. The summed E-state index contributed by atoms with van der Waals surface area (Å²) < 4.78 is 5.20. The topological polar surface area (TPSA) is 67.6 Å². The van der Waals surface area contributed by atoms with Crippen molar-refractivity contribution in [3.05, 3.63) is 65.7 Å². The number of amides is 1. The summed E-state index contributed by atoms with van der Waals surface area (Å²) in [5, 5.41) is 2.96. The summed E-state index contributed by atoms with van der Waals surface area (Å²) in [5.74, 6) is 0.795. The van der Waals surface area contributed by atoms with Crippen molar-refractivity contribution in [2.75, 3.05) is 33.3 Å². The van der Waals surface area contributed by atoms with Crippen molar-refractivity contribution in [3.8, 4) is 5.75 Å². The molecule has 0 spiro atoms. The predicted molar refractivity (Wildman–Crippen MR) is 108 cm³/mol. The van der Waals surface area contributed by atoms with Crippen molar-refractivity contribution in [2.24, 2.45) is 5.73 Å². The second-order valence-electron chi connectivity index (χ2n) is 5.93. The molecular weight excluding hydrogens is 350 g/mol. The van der Waals surface area contributed by atoms with Gasteiger partial charge in [0.05, 0.1) is 13.7 Å². The fourth-order valence-electron chi connectivity index (χ4n) is 2.63. The van der Waals surface area contributed by atoms with Crippen LogP contribution in [0.2, 0.25) is 0 Å². The lowest BCUT2D eigenvalue weighted by Gasteiger charge is -2.21. The van der Waals surface area contributed by atoms with Crippen molar-refractivity contribution in [1.82, 2.24) is 10.2 Å². The molecule has 0 heterocycles. The van der Waals surface area contributed by atoms with E-state index in [1.165, 1.54) is 5.56 Å². The molecule has 1 amide bonds. The molecule has 5 nitrogen and oxygen atoms in total. The van der Waals surface area contributed by atoms with Crippen LogP contribution < -0.4 is 15.8 Å². The second kappa shape index (κ2) is 12.3. The van der Waals surface area contributed by atoms with Crippen molar-refractivity contribution >= 4 is 18.3 Å². The second-order valence-corrected chi connectivity index (χ2v) is 5.93. The number of rotatable bonds is 10. The molecule has 0 unspecified atom stereocenters. The molecule has 0 aromatic heterocycles. The van der Waals surface area contributed by atoms with Gasteiger partial charge >= 0.3 is 0 Å². The standard InChI is InChI=1S/C20H27N3O2.ClH/c1-25-19-9-5-8-18(14-19)15-22-20(24)16-23(13-11-21)12-10-17-6-3-2-4-7-17;/h2-9,14H,10-13,15-16,21H2,1H3,(H,22,24);1H. The van der Waals surface area contributed by atoms with Gasteiger partial charge in [-0.2, -0.15) is 0 Å². The Labute approximate surface area is 161 Å². The lowest BCUT2D eigenvalue weighted by molar-refractivity contribution is -0.122. The smallest absolute Gasteiger partial charge is 0.234 e. The maximum Gasteiger partial charge on any atom is 0.234 e. The Bertz CT molecular complexity index is 653. The molecule has 2 aromatic carbocycles. The molecule has 0 fully saturated rings. The number of nitrogens with two attached hydrogens (primary N) is 1. The number of carbonyl (C=O) groups excluding carboxylic acids is 1. The van der Waals surface area contributed by atoms with Crippen molar-refractivity contribution in [2.45, 2.75) is 13.0 Å². The molecule has 0 atom stereocenters. The van der Waals surface area contributed by atoms with Gasteiger partial charge in [0.25, 0.3) is 0 Å². The van der Waals surface area contributed by atoms with E-state index < -0.39 is 0 Å². The van der Waals surface area contributed by atoms with E-state index >= 15 is 0 Å². The fraction of sp³-hybridized carbons (Fsp3) is 0.350. The van der Waals surface area contributed by atoms with Crippen LogP contribution in [-0.4, -0.2) is 44.1 Å². The third-order valence-corrected chi connectivity index (χ3v) is 4.00. The molecular formula is C20H28ClN3O2.